The molecule has 0 bridgehead atoms. The summed E-state index contributed by atoms with van der Waals surface area (Å²) in [6, 6.07) is 0. The van der Waals surface area contributed by atoms with Crippen molar-refractivity contribution in [3.05, 3.63) is 18.2 Å². The average Bonchev–Trinajstić information content (AvgIpc) is 2.31. The summed E-state index contributed by atoms with van der Waals surface area (Å²) in [7, 11) is 0. The summed E-state index contributed by atoms with van der Waals surface area (Å²) in [5.74, 6) is -0.268. The Balaban J connectivity index is 2.45. The Bertz CT molecular complexity index is 259. The van der Waals surface area contributed by atoms with Gasteiger partial charge in [-0.15, -0.1) is 0 Å². The Morgan fingerprint density at radius 1 is 1.91 bits per heavy atom. The molecule has 1 aromatic heterocycles. The maximum absolute atomic E-state index is 10.4. The first kappa shape index (κ1) is 8.70. The van der Waals surface area contributed by atoms with Crippen LogP contribution in [0, 0.1) is 0 Å². The van der Waals surface area contributed by atoms with E-state index in [1.165, 1.54) is 6.92 Å². The maximum atomic E-state index is 10.4. The van der Waals surface area contributed by atoms with Gasteiger partial charge in [-0.1, -0.05) is 0 Å². The third-order valence-corrected chi connectivity index (χ3v) is 2.18. The van der Waals surface area contributed by atoms with Crippen LogP contribution in [0.2, 0.25) is 0 Å². The van der Waals surface area contributed by atoms with Crippen molar-refractivity contribution in [1.82, 2.24) is 7.36 Å². The topological polar surface area (TPSA) is 44.1 Å². The summed E-state index contributed by atoms with van der Waals surface area (Å²) in [6.45, 7) is 1.68. The van der Waals surface area contributed by atoms with Gasteiger partial charge in [0.1, 0.15) is 0 Å². The van der Waals surface area contributed by atoms with Crippen LogP contribution in [0.5, 0.6) is 0 Å². The number of nitrogens with zero attached hydrogens (tertiary/aromatic N) is 2. The van der Waals surface area contributed by atoms with Crippen molar-refractivity contribution in [3.63, 3.8) is 0 Å². The van der Waals surface area contributed by atoms with Crippen LogP contribution >= 0.6 is 0 Å². The van der Waals surface area contributed by atoms with Gasteiger partial charge in [0.2, 0.25) is 0 Å². The molecular formula is C6H7N2O2Tl. The second kappa shape index (κ2) is 3.84. The summed E-state index contributed by atoms with van der Waals surface area (Å²) < 4.78 is 6.72. The van der Waals surface area contributed by atoms with Crippen LogP contribution in [0.1, 0.15) is 12.6 Å². The Morgan fingerprint density at radius 2 is 2.64 bits per heavy atom. The van der Waals surface area contributed by atoms with Gasteiger partial charge in [-0.2, -0.15) is 0 Å². The molecule has 0 amide bonds. The number of rotatable bonds is 2. The van der Waals surface area contributed by atoms with Crippen molar-refractivity contribution in [2.75, 3.05) is 0 Å². The SMILES string of the molecule is CC(=O)OCc1c[n]([Tl])cn1. The van der Waals surface area contributed by atoms with Gasteiger partial charge in [0.25, 0.3) is 0 Å². The zero-order valence-corrected chi connectivity index (χ0v) is 10.6. The van der Waals surface area contributed by atoms with E-state index in [4.69, 9.17) is 4.74 Å². The third-order valence-electron chi connectivity index (χ3n) is 1.08. The zero-order chi connectivity index (χ0) is 8.27. The van der Waals surface area contributed by atoms with Crippen LogP contribution < -0.4 is 0 Å². The number of imidazole rings is 1. The van der Waals surface area contributed by atoms with Crippen molar-refractivity contribution < 1.29 is 9.53 Å². The molecule has 0 unspecified atom stereocenters. The average molecular weight is 344 g/mol. The fraction of sp³-hybridized carbons (Fsp3) is 0.333. The summed E-state index contributed by atoms with van der Waals surface area (Å²) in [5, 5.41) is 0. The van der Waals surface area contributed by atoms with Gasteiger partial charge in [-0.05, 0) is 0 Å². The molecule has 0 aliphatic carbocycles. The molecular weight excluding hydrogens is 336 g/mol. The van der Waals surface area contributed by atoms with Crippen molar-refractivity contribution >= 4 is 32.0 Å². The number of hydrogen-bond donors (Lipinski definition) is 0. The minimum absolute atomic E-state index is 0.268. The van der Waals surface area contributed by atoms with Crippen LogP contribution in [0.15, 0.2) is 12.5 Å². The molecule has 0 saturated heterocycles. The summed E-state index contributed by atoms with van der Waals surface area (Å²) >= 11 is 0.721. The van der Waals surface area contributed by atoms with E-state index in [0.717, 1.165) is 31.8 Å². The van der Waals surface area contributed by atoms with Crippen molar-refractivity contribution in [3.8, 4) is 0 Å². The first-order valence-electron chi connectivity index (χ1n) is 3.10. The molecule has 11 heavy (non-hydrogen) atoms. The molecule has 0 aliphatic rings. The van der Waals surface area contributed by atoms with Gasteiger partial charge in [-0.3, -0.25) is 0 Å². The van der Waals surface area contributed by atoms with E-state index in [1.54, 1.807) is 6.33 Å². The number of hydrogen-bond acceptors (Lipinski definition) is 3. The zero-order valence-electron chi connectivity index (χ0n) is 6.15. The fourth-order valence-electron chi connectivity index (χ4n) is 0.630. The van der Waals surface area contributed by atoms with Crippen molar-refractivity contribution in [2.45, 2.75) is 13.5 Å². The number of ether oxygens (including phenoxy) is 1. The van der Waals surface area contributed by atoms with Gasteiger partial charge in [0.05, 0.1) is 0 Å². The van der Waals surface area contributed by atoms with Crippen molar-refractivity contribution in [2.24, 2.45) is 0 Å². The molecule has 4 nitrogen and oxygen atoms in total. The monoisotopic (exact) mass is 344 g/mol. The number of carbonyl (C=O) groups is 1. The van der Waals surface area contributed by atoms with Crippen LogP contribution in [0.4, 0.5) is 0 Å². The van der Waals surface area contributed by atoms with E-state index in [1.807, 2.05) is 8.57 Å². The first-order valence-corrected chi connectivity index (χ1v) is 5.10. The molecule has 1 heterocycles. The van der Waals surface area contributed by atoms with Crippen LogP contribution in [0.25, 0.3) is 0 Å². The third kappa shape index (κ3) is 3.00. The number of carbonyl (C=O) groups excluding carboxylic acids is 1. The van der Waals surface area contributed by atoms with E-state index < -0.39 is 0 Å². The molecule has 0 N–H and O–H groups in total. The molecule has 0 radical (unpaired) electrons. The summed E-state index contributed by atoms with van der Waals surface area (Å²) in [5.41, 5.74) is 0.808. The van der Waals surface area contributed by atoms with Gasteiger partial charge in [0.15, 0.2) is 0 Å². The van der Waals surface area contributed by atoms with E-state index in [0.29, 0.717) is 0 Å². The molecule has 0 spiro atoms. The predicted octanol–water partition coefficient (Wildman–Crippen LogP) is -0.122. The summed E-state index contributed by atoms with van der Waals surface area (Å²) in [6.07, 6.45) is 3.62. The minimum atomic E-state index is -0.268. The second-order valence-corrected chi connectivity index (χ2v) is 4.41. The van der Waals surface area contributed by atoms with Crippen molar-refractivity contribution in [1.29, 1.82) is 0 Å². The Morgan fingerprint density at radius 3 is 3.09 bits per heavy atom. The second-order valence-electron chi connectivity index (χ2n) is 2.09. The van der Waals surface area contributed by atoms with Crippen LogP contribution in [-0.2, 0) is 16.1 Å². The van der Waals surface area contributed by atoms with Gasteiger partial charge < -0.3 is 0 Å². The quantitative estimate of drug-likeness (QED) is 0.555. The van der Waals surface area contributed by atoms with E-state index in [9.17, 15) is 4.79 Å². The van der Waals surface area contributed by atoms with E-state index in [-0.39, 0.29) is 12.6 Å². The van der Waals surface area contributed by atoms with Crippen LogP contribution in [0.3, 0.4) is 0 Å². The molecule has 5 heteroatoms. The number of esters is 1. The standard InChI is InChI=1S/C6H7N2O2.Tl/c1-5(9)10-3-6-2-7-4-8-6;/h2,4H,3H2,1H3;/q-1;+1. The van der Waals surface area contributed by atoms with Gasteiger partial charge in [-0.25, -0.2) is 0 Å². The molecule has 0 saturated carbocycles. The molecule has 1 rings (SSSR count). The molecule has 0 aromatic carbocycles. The predicted molar refractivity (Wildman–Crippen MR) is 38.8 cm³/mol. The number of aromatic nitrogens is 2. The van der Waals surface area contributed by atoms with E-state index in [2.05, 4.69) is 4.98 Å². The molecule has 0 aliphatic heterocycles. The molecule has 1 aromatic rings. The summed E-state index contributed by atoms with van der Waals surface area (Å²) in [4.78, 5) is 14.4. The van der Waals surface area contributed by atoms with Crippen LogP contribution in [-0.4, -0.2) is 39.4 Å². The molecule has 56 valence electrons. The first-order chi connectivity index (χ1) is 5.18. The Hall–Kier alpha value is -0.398. The van der Waals surface area contributed by atoms with Gasteiger partial charge >= 0.3 is 80.7 Å². The molecule has 0 fully saturated rings. The fourth-order valence-corrected chi connectivity index (χ4v) is 1.56. The Labute approximate surface area is 80.7 Å². The molecule has 0 atom stereocenters. The van der Waals surface area contributed by atoms with Gasteiger partial charge in [0, 0.05) is 0 Å². The van der Waals surface area contributed by atoms with E-state index >= 15 is 0 Å². The normalized spacial score (nSPS) is 9.45. The Kier molecular flexibility index (Phi) is 3.04.